The molecule has 2 fully saturated rings. The maximum absolute atomic E-state index is 12.5. The monoisotopic (exact) mass is 345 g/mol. The number of nitrogens with one attached hydrogen (secondary N) is 1. The molecule has 0 bridgehead atoms. The molecular weight excluding hydrogens is 314 g/mol. The van der Waals surface area contributed by atoms with Crippen LogP contribution in [-0.4, -0.2) is 55.8 Å². The van der Waals surface area contributed by atoms with Crippen molar-refractivity contribution in [3.05, 3.63) is 0 Å². The van der Waals surface area contributed by atoms with Gasteiger partial charge in [-0.1, -0.05) is 20.8 Å². The molecule has 1 N–H and O–H groups in total. The number of amides is 1. The number of piperidine rings is 2. The summed E-state index contributed by atoms with van der Waals surface area (Å²) in [6.45, 7) is 8.70. The highest BCUT2D eigenvalue weighted by Gasteiger charge is 2.31. The third-order valence-corrected chi connectivity index (χ3v) is 6.35. The fourth-order valence-electron chi connectivity index (χ4n) is 3.37. The topological polar surface area (TPSA) is 69.7 Å². The van der Waals surface area contributed by atoms with Gasteiger partial charge in [-0.3, -0.25) is 4.79 Å². The van der Waals surface area contributed by atoms with E-state index in [2.05, 4.69) is 11.6 Å². The van der Waals surface area contributed by atoms with Crippen LogP contribution in [0, 0.1) is 11.8 Å². The van der Waals surface area contributed by atoms with E-state index in [1.807, 2.05) is 18.7 Å². The van der Waals surface area contributed by atoms with Crippen molar-refractivity contribution in [1.29, 1.82) is 0 Å². The van der Waals surface area contributed by atoms with Gasteiger partial charge in [-0.15, -0.1) is 0 Å². The Bertz CT molecular complexity index is 499. The highest BCUT2D eigenvalue weighted by Crippen LogP contribution is 2.20. The van der Waals surface area contributed by atoms with E-state index in [-0.39, 0.29) is 11.9 Å². The van der Waals surface area contributed by atoms with Gasteiger partial charge in [0.1, 0.15) is 0 Å². The number of rotatable bonds is 5. The maximum Gasteiger partial charge on any atom is 0.279 e. The Kier molecular flexibility index (Phi) is 6.45. The van der Waals surface area contributed by atoms with E-state index in [1.54, 1.807) is 4.31 Å². The van der Waals surface area contributed by atoms with E-state index < -0.39 is 10.2 Å². The van der Waals surface area contributed by atoms with Crippen LogP contribution in [-0.2, 0) is 15.0 Å². The van der Waals surface area contributed by atoms with Crippen LogP contribution >= 0.6 is 0 Å². The Hall–Kier alpha value is -0.660. The normalized spacial score (nSPS) is 25.0. The first kappa shape index (κ1) is 18.7. The summed E-state index contributed by atoms with van der Waals surface area (Å²) < 4.78 is 29.4. The molecule has 2 aliphatic rings. The van der Waals surface area contributed by atoms with Crippen molar-refractivity contribution in [2.24, 2.45) is 11.8 Å². The molecule has 2 heterocycles. The third kappa shape index (κ3) is 5.43. The lowest BCUT2D eigenvalue weighted by Gasteiger charge is -2.35. The quantitative estimate of drug-likeness (QED) is 0.823. The molecule has 1 unspecified atom stereocenters. The summed E-state index contributed by atoms with van der Waals surface area (Å²) >= 11 is 0. The van der Waals surface area contributed by atoms with Crippen molar-refractivity contribution in [3.8, 4) is 0 Å². The number of carbonyl (C=O) groups excluding carboxylic acids is 1. The third-order valence-electron chi connectivity index (χ3n) is 4.71. The van der Waals surface area contributed by atoms with E-state index in [9.17, 15) is 13.2 Å². The number of nitrogens with zero attached hydrogens (tertiary/aromatic N) is 2. The average Bonchev–Trinajstić information content (AvgIpc) is 2.47. The summed E-state index contributed by atoms with van der Waals surface area (Å²) in [5, 5.41) is 0. The zero-order valence-corrected chi connectivity index (χ0v) is 15.4. The summed E-state index contributed by atoms with van der Waals surface area (Å²) in [6, 6.07) is -0.0552. The second-order valence-electron chi connectivity index (χ2n) is 7.48. The molecule has 0 aromatic carbocycles. The van der Waals surface area contributed by atoms with Gasteiger partial charge in [-0.05, 0) is 37.5 Å². The van der Waals surface area contributed by atoms with Crippen LogP contribution in [0.15, 0.2) is 0 Å². The van der Waals surface area contributed by atoms with Gasteiger partial charge in [-0.2, -0.15) is 17.4 Å². The van der Waals surface area contributed by atoms with Crippen molar-refractivity contribution in [1.82, 2.24) is 13.9 Å². The zero-order valence-electron chi connectivity index (χ0n) is 14.6. The molecular formula is C16H31N3O3S. The highest BCUT2D eigenvalue weighted by molar-refractivity contribution is 7.87. The minimum Gasteiger partial charge on any atom is -0.343 e. The number of carbonyl (C=O) groups is 1. The maximum atomic E-state index is 12.5. The van der Waals surface area contributed by atoms with Crippen LogP contribution in [0.5, 0.6) is 0 Å². The Balaban J connectivity index is 1.82. The van der Waals surface area contributed by atoms with Crippen LogP contribution in [0.25, 0.3) is 0 Å². The van der Waals surface area contributed by atoms with Gasteiger partial charge in [0.15, 0.2) is 0 Å². The number of hydrogen-bond donors (Lipinski definition) is 1. The molecule has 134 valence electrons. The smallest absolute Gasteiger partial charge is 0.279 e. The second kappa shape index (κ2) is 7.94. The SMILES string of the molecule is CC(C)CC(=O)N1CCC(NS(=O)(=O)N2CCCC(C)C2)CC1. The van der Waals surface area contributed by atoms with Crippen LogP contribution < -0.4 is 4.72 Å². The Morgan fingerprint density at radius 2 is 1.83 bits per heavy atom. The molecule has 0 aromatic rings. The van der Waals surface area contributed by atoms with Crippen LogP contribution in [0.3, 0.4) is 0 Å². The van der Waals surface area contributed by atoms with Crippen LogP contribution in [0.2, 0.25) is 0 Å². The molecule has 7 heteroatoms. The Morgan fingerprint density at radius 3 is 2.39 bits per heavy atom. The predicted octanol–water partition coefficient (Wildman–Crippen LogP) is 1.59. The van der Waals surface area contributed by atoms with E-state index in [0.29, 0.717) is 57.3 Å². The van der Waals surface area contributed by atoms with Crippen molar-refractivity contribution < 1.29 is 13.2 Å². The summed E-state index contributed by atoms with van der Waals surface area (Å²) in [7, 11) is -3.39. The lowest BCUT2D eigenvalue weighted by Crippen LogP contribution is -2.52. The molecule has 0 aromatic heterocycles. The molecule has 1 amide bonds. The zero-order chi connectivity index (χ0) is 17.0. The molecule has 2 rings (SSSR count). The lowest BCUT2D eigenvalue weighted by atomic mass is 10.0. The van der Waals surface area contributed by atoms with Gasteiger partial charge < -0.3 is 4.90 Å². The first-order valence-electron chi connectivity index (χ1n) is 8.83. The second-order valence-corrected chi connectivity index (χ2v) is 9.18. The molecule has 1 atom stereocenters. The van der Waals surface area contributed by atoms with Gasteiger partial charge in [0, 0.05) is 38.6 Å². The molecule has 0 aliphatic carbocycles. The molecule has 2 aliphatic heterocycles. The van der Waals surface area contributed by atoms with Crippen LogP contribution in [0.1, 0.15) is 52.9 Å². The predicted molar refractivity (Wildman–Crippen MR) is 91.1 cm³/mol. The minimum atomic E-state index is -3.39. The standard InChI is InChI=1S/C16H31N3O3S/c1-13(2)11-16(20)18-9-6-15(7-10-18)17-23(21,22)19-8-4-5-14(3)12-19/h13-15,17H,4-12H2,1-3H3. The van der Waals surface area contributed by atoms with Crippen molar-refractivity contribution >= 4 is 16.1 Å². The summed E-state index contributed by atoms with van der Waals surface area (Å²) in [5.41, 5.74) is 0. The summed E-state index contributed by atoms with van der Waals surface area (Å²) in [5.74, 6) is 0.974. The lowest BCUT2D eigenvalue weighted by molar-refractivity contribution is -0.133. The number of likely N-dealkylation sites (tertiary alicyclic amines) is 1. The first-order chi connectivity index (χ1) is 10.8. The molecule has 2 saturated heterocycles. The van der Waals surface area contributed by atoms with Crippen molar-refractivity contribution in [3.63, 3.8) is 0 Å². The van der Waals surface area contributed by atoms with Gasteiger partial charge in [0.2, 0.25) is 5.91 Å². The van der Waals surface area contributed by atoms with Crippen molar-refractivity contribution in [2.45, 2.75) is 58.9 Å². The van der Waals surface area contributed by atoms with Gasteiger partial charge in [0.25, 0.3) is 10.2 Å². The van der Waals surface area contributed by atoms with Crippen molar-refractivity contribution in [2.75, 3.05) is 26.2 Å². The van der Waals surface area contributed by atoms with Crippen LogP contribution in [0.4, 0.5) is 0 Å². The minimum absolute atomic E-state index is 0.0552. The molecule has 0 saturated carbocycles. The Morgan fingerprint density at radius 1 is 1.17 bits per heavy atom. The fourth-order valence-corrected chi connectivity index (χ4v) is 5.00. The summed E-state index contributed by atoms with van der Waals surface area (Å²) in [4.78, 5) is 13.9. The van der Waals surface area contributed by atoms with Gasteiger partial charge >= 0.3 is 0 Å². The highest BCUT2D eigenvalue weighted by atomic mass is 32.2. The Labute approximate surface area is 140 Å². The number of hydrogen-bond acceptors (Lipinski definition) is 3. The van der Waals surface area contributed by atoms with Gasteiger partial charge in [-0.25, -0.2) is 0 Å². The molecule has 0 spiro atoms. The molecule has 6 nitrogen and oxygen atoms in total. The fraction of sp³-hybridized carbons (Fsp3) is 0.938. The van der Waals surface area contributed by atoms with E-state index in [0.717, 1.165) is 12.8 Å². The van der Waals surface area contributed by atoms with Gasteiger partial charge in [0.05, 0.1) is 0 Å². The van der Waals surface area contributed by atoms with E-state index >= 15 is 0 Å². The van der Waals surface area contributed by atoms with E-state index in [4.69, 9.17) is 0 Å². The molecule has 23 heavy (non-hydrogen) atoms. The van der Waals surface area contributed by atoms with E-state index in [1.165, 1.54) is 0 Å². The first-order valence-corrected chi connectivity index (χ1v) is 10.3. The average molecular weight is 346 g/mol. The largest absolute Gasteiger partial charge is 0.343 e. The molecule has 0 radical (unpaired) electrons. The summed E-state index contributed by atoms with van der Waals surface area (Å²) in [6.07, 6.45) is 4.01.